The van der Waals surface area contributed by atoms with Gasteiger partial charge in [0, 0.05) is 71.7 Å². The smallest absolute Gasteiger partial charge is 0.324 e. The van der Waals surface area contributed by atoms with Gasteiger partial charge in [-0.25, -0.2) is 9.18 Å². The molecule has 1 saturated heterocycles. The van der Waals surface area contributed by atoms with E-state index >= 15 is 0 Å². The van der Waals surface area contributed by atoms with E-state index in [9.17, 15) is 9.18 Å². The van der Waals surface area contributed by atoms with Crippen molar-refractivity contribution in [1.82, 2.24) is 4.90 Å². The number of halogens is 1. The molecule has 0 saturated carbocycles. The summed E-state index contributed by atoms with van der Waals surface area (Å²) in [6, 6.07) is 12.3. The monoisotopic (exact) mass is 488 g/mol. The fourth-order valence-electron chi connectivity index (χ4n) is 4.27. The fourth-order valence-corrected chi connectivity index (χ4v) is 4.27. The molecule has 35 heavy (non-hydrogen) atoms. The molecular weight excluding hydrogens is 451 g/mol. The van der Waals surface area contributed by atoms with Crippen LogP contribution in [0.3, 0.4) is 0 Å². The van der Waals surface area contributed by atoms with E-state index in [0.717, 1.165) is 16.8 Å². The van der Waals surface area contributed by atoms with Crippen molar-refractivity contribution >= 4 is 11.7 Å². The number of methoxy groups -OCH3 is 2. The van der Waals surface area contributed by atoms with E-state index in [2.05, 4.69) is 0 Å². The number of amides is 2. The molecule has 1 aliphatic heterocycles. The number of carbonyl (C=O) groups excluding carboxylic acids is 1. The van der Waals surface area contributed by atoms with Gasteiger partial charge in [0.2, 0.25) is 0 Å². The van der Waals surface area contributed by atoms with Crippen LogP contribution in [0.5, 0.6) is 5.75 Å². The van der Waals surface area contributed by atoms with Crippen molar-refractivity contribution < 1.29 is 28.1 Å². The van der Waals surface area contributed by atoms with Gasteiger partial charge in [0.05, 0.1) is 12.2 Å². The van der Waals surface area contributed by atoms with E-state index in [1.165, 1.54) is 12.1 Å². The third-order valence-electron chi connectivity index (χ3n) is 6.51. The van der Waals surface area contributed by atoms with E-state index < -0.39 is 5.60 Å². The minimum Gasteiger partial charge on any atom is -0.489 e. The molecule has 0 aliphatic carbocycles. The highest BCUT2D eigenvalue weighted by atomic mass is 19.1. The molecule has 7 nitrogen and oxygen atoms in total. The van der Waals surface area contributed by atoms with Crippen LogP contribution in [0.15, 0.2) is 42.5 Å². The Morgan fingerprint density at radius 3 is 2.40 bits per heavy atom. The Balaban J connectivity index is 1.66. The first-order chi connectivity index (χ1) is 16.8. The van der Waals surface area contributed by atoms with Crippen LogP contribution in [-0.2, 0) is 26.4 Å². The van der Waals surface area contributed by atoms with Crippen molar-refractivity contribution in [3.05, 3.63) is 59.4 Å². The van der Waals surface area contributed by atoms with Gasteiger partial charge in [0.15, 0.2) is 0 Å². The molecule has 2 amide bonds. The maximum absolute atomic E-state index is 14.4. The lowest BCUT2D eigenvalue weighted by Gasteiger charge is -2.36. The molecule has 0 unspecified atom stereocenters. The van der Waals surface area contributed by atoms with Crippen molar-refractivity contribution in [2.45, 2.75) is 44.9 Å². The molecule has 0 spiro atoms. The van der Waals surface area contributed by atoms with Crippen LogP contribution in [0.1, 0.15) is 37.8 Å². The normalized spacial score (nSPS) is 15.2. The summed E-state index contributed by atoms with van der Waals surface area (Å²) >= 11 is 0. The Kier molecular flexibility index (Phi) is 9.48. The first-order valence-corrected chi connectivity index (χ1v) is 12.0. The molecule has 192 valence electrons. The first kappa shape index (κ1) is 26.9. The van der Waals surface area contributed by atoms with Crippen molar-refractivity contribution in [3.63, 3.8) is 0 Å². The van der Waals surface area contributed by atoms with Crippen molar-refractivity contribution in [1.29, 1.82) is 0 Å². The summed E-state index contributed by atoms with van der Waals surface area (Å²) in [6.07, 6.45) is 1.33. The SMILES string of the molecule is COCCN(C(=O)N(C)c1ccc(COc2cc(F)cc(C3(OC)CCOCC3)c2)cc1)C(C)C. The molecule has 8 heteroatoms. The van der Waals surface area contributed by atoms with Crippen molar-refractivity contribution in [2.75, 3.05) is 52.5 Å². The Morgan fingerprint density at radius 2 is 1.80 bits per heavy atom. The van der Waals surface area contributed by atoms with Gasteiger partial charge in [0.25, 0.3) is 0 Å². The van der Waals surface area contributed by atoms with Crippen LogP contribution >= 0.6 is 0 Å². The minimum atomic E-state index is -0.565. The summed E-state index contributed by atoms with van der Waals surface area (Å²) in [5, 5.41) is 0. The average Bonchev–Trinajstić information content (AvgIpc) is 2.87. The Hall–Kier alpha value is -2.68. The Morgan fingerprint density at radius 1 is 1.11 bits per heavy atom. The van der Waals surface area contributed by atoms with Crippen LogP contribution in [0.4, 0.5) is 14.9 Å². The maximum atomic E-state index is 14.4. The standard InChI is InChI=1S/C27H37FN2O5/c1-20(2)30(12-15-32-4)26(31)29(3)24-8-6-21(7-9-24)19-35-25-17-22(16-23(28)18-25)27(33-5)10-13-34-14-11-27/h6-9,16-18,20H,10-15,19H2,1-5H3. The summed E-state index contributed by atoms with van der Waals surface area (Å²) in [4.78, 5) is 16.3. The second kappa shape index (κ2) is 12.3. The Labute approximate surface area is 207 Å². The van der Waals surface area contributed by atoms with Crippen molar-refractivity contribution in [2.24, 2.45) is 0 Å². The highest BCUT2D eigenvalue weighted by Crippen LogP contribution is 2.37. The molecule has 0 atom stereocenters. The molecule has 0 N–H and O–H groups in total. The number of anilines is 1. The zero-order valence-electron chi connectivity index (χ0n) is 21.4. The van der Waals surface area contributed by atoms with E-state index in [1.54, 1.807) is 31.1 Å². The number of rotatable bonds is 10. The predicted octanol–water partition coefficient (Wildman–Crippen LogP) is 4.97. The molecule has 1 fully saturated rings. The number of hydrogen-bond acceptors (Lipinski definition) is 5. The van der Waals surface area contributed by atoms with E-state index in [1.807, 2.05) is 44.2 Å². The predicted molar refractivity (Wildman–Crippen MR) is 133 cm³/mol. The van der Waals surface area contributed by atoms with E-state index in [-0.39, 0.29) is 24.5 Å². The van der Waals surface area contributed by atoms with Gasteiger partial charge in [-0.1, -0.05) is 12.1 Å². The van der Waals surface area contributed by atoms with Gasteiger partial charge < -0.3 is 23.8 Å². The van der Waals surface area contributed by atoms with Crippen LogP contribution in [0.2, 0.25) is 0 Å². The van der Waals surface area contributed by atoms with E-state index in [4.69, 9.17) is 18.9 Å². The van der Waals surface area contributed by atoms with Crippen LogP contribution < -0.4 is 9.64 Å². The quantitative estimate of drug-likeness (QED) is 0.473. The van der Waals surface area contributed by atoms with Gasteiger partial charge in [-0.2, -0.15) is 0 Å². The summed E-state index contributed by atoms with van der Waals surface area (Å²) in [5.74, 6) is 0.0871. The van der Waals surface area contributed by atoms with Crippen molar-refractivity contribution in [3.8, 4) is 5.75 Å². The lowest BCUT2D eigenvalue weighted by atomic mass is 9.86. The third-order valence-corrected chi connectivity index (χ3v) is 6.51. The molecule has 2 aromatic rings. The fraction of sp³-hybridized carbons (Fsp3) is 0.519. The number of urea groups is 1. The highest BCUT2D eigenvalue weighted by Gasteiger charge is 2.35. The lowest BCUT2D eigenvalue weighted by molar-refractivity contribution is -0.0950. The number of nitrogens with zero attached hydrogens (tertiary/aromatic N) is 2. The third kappa shape index (κ3) is 6.72. The Bertz CT molecular complexity index is 961. The van der Waals surface area contributed by atoms with Gasteiger partial charge in [0.1, 0.15) is 18.2 Å². The molecule has 0 radical (unpaired) electrons. The van der Waals surface area contributed by atoms with Gasteiger partial charge in [-0.15, -0.1) is 0 Å². The van der Waals surface area contributed by atoms with Gasteiger partial charge >= 0.3 is 6.03 Å². The molecule has 1 heterocycles. The van der Waals surface area contributed by atoms with Gasteiger partial charge in [-0.3, -0.25) is 4.90 Å². The van der Waals surface area contributed by atoms with Crippen LogP contribution in [0.25, 0.3) is 0 Å². The van der Waals surface area contributed by atoms with E-state index in [0.29, 0.717) is 45.0 Å². The molecule has 2 aromatic carbocycles. The second-order valence-corrected chi connectivity index (χ2v) is 9.06. The number of ether oxygens (including phenoxy) is 4. The first-order valence-electron chi connectivity index (χ1n) is 12.0. The lowest BCUT2D eigenvalue weighted by Crippen LogP contribution is -2.46. The molecule has 1 aliphatic rings. The molecular formula is C27H37FN2O5. The number of carbonyl (C=O) groups is 1. The number of benzene rings is 2. The molecule has 0 bridgehead atoms. The second-order valence-electron chi connectivity index (χ2n) is 9.06. The summed E-state index contributed by atoms with van der Waals surface area (Å²) in [7, 11) is 5.03. The van der Waals surface area contributed by atoms with Crippen LogP contribution in [0, 0.1) is 5.82 Å². The largest absolute Gasteiger partial charge is 0.489 e. The zero-order valence-corrected chi connectivity index (χ0v) is 21.4. The summed E-state index contributed by atoms with van der Waals surface area (Å²) < 4.78 is 36.7. The topological polar surface area (TPSA) is 60.5 Å². The van der Waals surface area contributed by atoms with Gasteiger partial charge in [-0.05, 0) is 49.2 Å². The number of hydrogen-bond donors (Lipinski definition) is 0. The maximum Gasteiger partial charge on any atom is 0.324 e. The molecule has 3 rings (SSSR count). The minimum absolute atomic E-state index is 0.0577. The highest BCUT2D eigenvalue weighted by molar-refractivity contribution is 5.91. The summed E-state index contributed by atoms with van der Waals surface area (Å²) in [6.45, 7) is 6.39. The van der Waals surface area contributed by atoms with Crippen LogP contribution in [-0.4, -0.2) is 64.6 Å². The average molecular weight is 489 g/mol. The molecule has 0 aromatic heterocycles. The zero-order chi connectivity index (χ0) is 25.4. The summed E-state index contributed by atoms with van der Waals surface area (Å²) in [5.41, 5.74) is 1.88.